The highest BCUT2D eigenvalue weighted by Crippen LogP contribution is 2.33. The van der Waals surface area contributed by atoms with Crippen molar-refractivity contribution in [2.45, 2.75) is 25.3 Å². The number of nitrogens with one attached hydrogen (secondary N) is 2. The highest BCUT2D eigenvalue weighted by atomic mass is 16.4. The molecule has 0 unspecified atom stereocenters. The number of aliphatic carboxylic acids is 1. The van der Waals surface area contributed by atoms with Gasteiger partial charge in [-0.1, -0.05) is 0 Å². The van der Waals surface area contributed by atoms with Crippen LogP contribution in [0.4, 0.5) is 4.79 Å². The van der Waals surface area contributed by atoms with Crippen molar-refractivity contribution < 1.29 is 14.7 Å². The average Bonchev–Trinajstić information content (AvgIpc) is 2.64. The maximum Gasteiger partial charge on any atom is 0.323 e. The fourth-order valence-corrected chi connectivity index (χ4v) is 0.787. The van der Waals surface area contributed by atoms with Crippen LogP contribution >= 0.6 is 0 Å². The Morgan fingerprint density at radius 3 is 2.50 bits per heavy atom. The van der Waals surface area contributed by atoms with Crippen LogP contribution in [0.25, 0.3) is 0 Å². The molecule has 1 aliphatic rings. The molecule has 0 aromatic heterocycles. The van der Waals surface area contributed by atoms with E-state index in [1.807, 2.05) is 6.92 Å². The molecule has 1 saturated carbocycles. The van der Waals surface area contributed by atoms with Gasteiger partial charge in [0, 0.05) is 5.54 Å². The number of hydrogen-bond acceptors (Lipinski definition) is 2. The second-order valence-electron chi connectivity index (χ2n) is 3.26. The number of rotatable bonds is 3. The fourth-order valence-electron chi connectivity index (χ4n) is 0.787. The van der Waals surface area contributed by atoms with E-state index in [1.54, 1.807) is 0 Å². The van der Waals surface area contributed by atoms with Crippen LogP contribution in [0.3, 0.4) is 0 Å². The van der Waals surface area contributed by atoms with Crippen LogP contribution in [0.15, 0.2) is 0 Å². The summed E-state index contributed by atoms with van der Waals surface area (Å²) in [5, 5.41) is 13.1. The van der Waals surface area contributed by atoms with Crippen molar-refractivity contribution in [1.82, 2.24) is 10.6 Å². The molecule has 0 aromatic carbocycles. The Morgan fingerprint density at radius 2 is 2.08 bits per heavy atom. The molecular formula is C7H12N2O3. The first-order valence-corrected chi connectivity index (χ1v) is 3.80. The first-order chi connectivity index (χ1) is 5.52. The lowest BCUT2D eigenvalue weighted by atomic mass is 10.3. The number of carboxylic acids is 1. The van der Waals surface area contributed by atoms with Gasteiger partial charge in [-0.2, -0.15) is 0 Å². The molecule has 0 saturated heterocycles. The smallest absolute Gasteiger partial charge is 0.323 e. The Hall–Kier alpha value is -1.26. The zero-order valence-corrected chi connectivity index (χ0v) is 6.89. The van der Waals surface area contributed by atoms with E-state index in [0.29, 0.717) is 0 Å². The molecule has 12 heavy (non-hydrogen) atoms. The van der Waals surface area contributed by atoms with Crippen LogP contribution in [-0.2, 0) is 4.79 Å². The van der Waals surface area contributed by atoms with E-state index >= 15 is 0 Å². The van der Waals surface area contributed by atoms with Crippen molar-refractivity contribution in [3.8, 4) is 0 Å². The maximum atomic E-state index is 10.9. The largest absolute Gasteiger partial charge is 0.480 e. The lowest BCUT2D eigenvalue weighted by Gasteiger charge is -2.10. The fraction of sp³-hybridized carbons (Fsp3) is 0.714. The average molecular weight is 172 g/mol. The predicted molar refractivity (Wildman–Crippen MR) is 41.8 cm³/mol. The van der Waals surface area contributed by atoms with E-state index < -0.39 is 12.0 Å². The van der Waals surface area contributed by atoms with Crippen LogP contribution in [0.2, 0.25) is 0 Å². The topological polar surface area (TPSA) is 78.4 Å². The molecule has 0 radical (unpaired) electrons. The third-order valence-corrected chi connectivity index (χ3v) is 1.82. The third kappa shape index (κ3) is 2.77. The van der Waals surface area contributed by atoms with Gasteiger partial charge in [0.25, 0.3) is 0 Å². The van der Waals surface area contributed by atoms with Gasteiger partial charge in [0.2, 0.25) is 0 Å². The lowest BCUT2D eigenvalue weighted by Crippen LogP contribution is -2.43. The monoisotopic (exact) mass is 172 g/mol. The van der Waals surface area contributed by atoms with Gasteiger partial charge < -0.3 is 15.7 Å². The molecule has 0 aliphatic heterocycles. The van der Waals surface area contributed by atoms with Gasteiger partial charge in [0.1, 0.15) is 6.54 Å². The number of carbonyl (C=O) groups is 2. The van der Waals surface area contributed by atoms with Crippen LogP contribution in [0, 0.1) is 0 Å². The van der Waals surface area contributed by atoms with Gasteiger partial charge in [-0.3, -0.25) is 4.79 Å². The van der Waals surface area contributed by atoms with Gasteiger partial charge in [0.05, 0.1) is 0 Å². The Morgan fingerprint density at radius 1 is 1.50 bits per heavy atom. The molecule has 3 N–H and O–H groups in total. The summed E-state index contributed by atoms with van der Waals surface area (Å²) in [7, 11) is 0. The second kappa shape index (κ2) is 3.00. The molecule has 0 bridgehead atoms. The van der Waals surface area contributed by atoms with Crippen molar-refractivity contribution >= 4 is 12.0 Å². The van der Waals surface area contributed by atoms with Gasteiger partial charge in [-0.25, -0.2) is 4.79 Å². The molecular weight excluding hydrogens is 160 g/mol. The van der Waals surface area contributed by atoms with Crippen LogP contribution in [0.5, 0.6) is 0 Å². The summed E-state index contributed by atoms with van der Waals surface area (Å²) in [6.45, 7) is 1.59. The van der Waals surface area contributed by atoms with E-state index in [0.717, 1.165) is 12.8 Å². The Balaban J connectivity index is 2.16. The standard InChI is InChI=1S/C7H12N2O3/c1-7(2-3-7)9-6(12)8-4-5(10)11/h2-4H2,1H3,(H,10,11)(H2,8,9,12). The van der Waals surface area contributed by atoms with Crippen LogP contribution in [-0.4, -0.2) is 29.2 Å². The number of carbonyl (C=O) groups excluding carboxylic acids is 1. The number of amides is 2. The summed E-state index contributed by atoms with van der Waals surface area (Å²) in [6.07, 6.45) is 1.93. The third-order valence-electron chi connectivity index (χ3n) is 1.82. The van der Waals surface area contributed by atoms with Gasteiger partial charge in [-0.05, 0) is 19.8 Å². The Kier molecular flexibility index (Phi) is 2.21. The van der Waals surface area contributed by atoms with Crippen LogP contribution in [0.1, 0.15) is 19.8 Å². The summed E-state index contributed by atoms with van der Waals surface area (Å²) in [5.41, 5.74) is -0.0947. The molecule has 0 spiro atoms. The summed E-state index contributed by atoms with van der Waals surface area (Å²) < 4.78 is 0. The molecule has 0 heterocycles. The van der Waals surface area contributed by atoms with E-state index in [1.165, 1.54) is 0 Å². The van der Waals surface area contributed by atoms with Crippen molar-refractivity contribution in [3.05, 3.63) is 0 Å². The molecule has 0 aromatic rings. The SMILES string of the molecule is CC1(NC(=O)NCC(=O)O)CC1. The summed E-state index contributed by atoms with van der Waals surface area (Å²) in [5.74, 6) is -1.04. The maximum absolute atomic E-state index is 10.9. The minimum Gasteiger partial charge on any atom is -0.480 e. The summed E-state index contributed by atoms with van der Waals surface area (Å²) in [4.78, 5) is 21.0. The van der Waals surface area contributed by atoms with Crippen molar-refractivity contribution in [2.24, 2.45) is 0 Å². The molecule has 2 amide bonds. The quantitative estimate of drug-likeness (QED) is 0.557. The summed E-state index contributed by atoms with van der Waals surface area (Å²) >= 11 is 0. The lowest BCUT2D eigenvalue weighted by molar-refractivity contribution is -0.135. The molecule has 1 aliphatic carbocycles. The van der Waals surface area contributed by atoms with E-state index in [2.05, 4.69) is 10.6 Å². The molecule has 68 valence electrons. The highest BCUT2D eigenvalue weighted by molar-refractivity contribution is 5.80. The molecule has 1 fully saturated rings. The second-order valence-corrected chi connectivity index (χ2v) is 3.26. The van der Waals surface area contributed by atoms with Gasteiger partial charge in [0.15, 0.2) is 0 Å². The number of urea groups is 1. The normalized spacial score (nSPS) is 18.1. The Bertz CT molecular complexity index is 211. The first-order valence-electron chi connectivity index (χ1n) is 3.80. The summed E-state index contributed by atoms with van der Waals surface area (Å²) in [6, 6.07) is -0.405. The zero-order chi connectivity index (χ0) is 9.19. The first kappa shape index (κ1) is 8.83. The zero-order valence-electron chi connectivity index (χ0n) is 6.89. The van der Waals surface area contributed by atoms with Crippen LogP contribution < -0.4 is 10.6 Å². The van der Waals surface area contributed by atoms with E-state index in [9.17, 15) is 9.59 Å². The highest BCUT2D eigenvalue weighted by Gasteiger charge is 2.38. The van der Waals surface area contributed by atoms with Crippen molar-refractivity contribution in [1.29, 1.82) is 0 Å². The minimum atomic E-state index is -1.04. The van der Waals surface area contributed by atoms with Crippen molar-refractivity contribution in [2.75, 3.05) is 6.54 Å². The molecule has 5 heteroatoms. The van der Waals surface area contributed by atoms with Gasteiger partial charge >= 0.3 is 12.0 Å². The minimum absolute atomic E-state index is 0.0947. The number of carboxylic acid groups (broad SMARTS) is 1. The molecule has 0 atom stereocenters. The van der Waals surface area contributed by atoms with Gasteiger partial charge in [-0.15, -0.1) is 0 Å². The van der Waals surface area contributed by atoms with E-state index in [-0.39, 0.29) is 12.1 Å². The molecule has 5 nitrogen and oxygen atoms in total. The Labute approximate surface area is 70.1 Å². The molecule has 1 rings (SSSR count). The predicted octanol–water partition coefficient (Wildman–Crippen LogP) is -0.0773. The number of hydrogen-bond donors (Lipinski definition) is 3. The van der Waals surface area contributed by atoms with Crippen molar-refractivity contribution in [3.63, 3.8) is 0 Å². The van der Waals surface area contributed by atoms with E-state index in [4.69, 9.17) is 5.11 Å².